The zero-order chi connectivity index (χ0) is 20.0. The lowest BCUT2D eigenvalue weighted by Gasteiger charge is -2.29. The van der Waals surface area contributed by atoms with Crippen molar-refractivity contribution in [1.29, 1.82) is 5.41 Å². The largest absolute Gasteiger partial charge is 0.325 e. The van der Waals surface area contributed by atoms with Gasteiger partial charge in [-0.1, -0.05) is 69.8 Å². The maximum absolute atomic E-state index is 13.3. The second-order valence-corrected chi connectivity index (χ2v) is 10.3. The third-order valence-electron chi connectivity index (χ3n) is 6.57. The number of nitrogens with one attached hydrogen (secondary N) is 2. The molecule has 0 saturated heterocycles. The SMILES string of the molecule is CC(C)CCC1(C(=O)Nc2ccccc2SC(=N)C2CCCCC2)CCCC1. The van der Waals surface area contributed by atoms with E-state index in [0.717, 1.165) is 67.0 Å². The minimum absolute atomic E-state index is 0.196. The summed E-state index contributed by atoms with van der Waals surface area (Å²) in [5.41, 5.74) is 0.688. The van der Waals surface area contributed by atoms with Crippen molar-refractivity contribution in [2.24, 2.45) is 17.3 Å². The average Bonchev–Trinajstić information content (AvgIpc) is 3.19. The summed E-state index contributed by atoms with van der Waals surface area (Å²) in [6, 6.07) is 8.04. The molecule has 3 nitrogen and oxygen atoms in total. The van der Waals surface area contributed by atoms with Gasteiger partial charge in [0.2, 0.25) is 5.91 Å². The highest BCUT2D eigenvalue weighted by atomic mass is 32.2. The molecule has 2 saturated carbocycles. The summed E-state index contributed by atoms with van der Waals surface area (Å²) < 4.78 is 0. The van der Waals surface area contributed by atoms with Crippen molar-refractivity contribution in [1.82, 2.24) is 0 Å². The van der Waals surface area contributed by atoms with Crippen LogP contribution in [-0.4, -0.2) is 11.0 Å². The second kappa shape index (κ2) is 9.96. The molecule has 3 rings (SSSR count). The van der Waals surface area contributed by atoms with Gasteiger partial charge in [0, 0.05) is 16.2 Å². The maximum Gasteiger partial charge on any atom is 0.230 e. The number of amides is 1. The normalized spacial score (nSPS) is 19.7. The molecule has 1 aromatic rings. The van der Waals surface area contributed by atoms with Crippen LogP contribution >= 0.6 is 11.8 Å². The molecule has 4 heteroatoms. The Hall–Kier alpha value is -1.29. The summed E-state index contributed by atoms with van der Waals surface area (Å²) in [4.78, 5) is 14.3. The fraction of sp³-hybridized carbons (Fsp3) is 0.667. The van der Waals surface area contributed by atoms with Crippen LogP contribution in [0.15, 0.2) is 29.2 Å². The number of rotatable bonds is 7. The molecule has 28 heavy (non-hydrogen) atoms. The Morgan fingerprint density at radius 1 is 1.14 bits per heavy atom. The fourth-order valence-corrected chi connectivity index (χ4v) is 5.70. The number of thioether (sulfide) groups is 1. The summed E-state index contributed by atoms with van der Waals surface area (Å²) in [6.45, 7) is 4.48. The summed E-state index contributed by atoms with van der Waals surface area (Å²) >= 11 is 1.55. The third-order valence-corrected chi connectivity index (χ3v) is 7.70. The van der Waals surface area contributed by atoms with E-state index in [1.807, 2.05) is 24.3 Å². The number of anilines is 1. The Morgan fingerprint density at radius 2 is 1.82 bits per heavy atom. The lowest BCUT2D eigenvalue weighted by atomic mass is 9.79. The molecule has 0 spiro atoms. The van der Waals surface area contributed by atoms with Gasteiger partial charge in [-0.15, -0.1) is 0 Å². The summed E-state index contributed by atoms with van der Waals surface area (Å²) in [6.07, 6.45) is 12.5. The molecule has 2 aliphatic rings. The molecule has 0 radical (unpaired) electrons. The van der Waals surface area contributed by atoms with Crippen molar-refractivity contribution >= 4 is 28.4 Å². The summed E-state index contributed by atoms with van der Waals surface area (Å²) in [7, 11) is 0. The van der Waals surface area contributed by atoms with Crippen LogP contribution in [0.4, 0.5) is 5.69 Å². The van der Waals surface area contributed by atoms with Crippen LogP contribution in [0.1, 0.15) is 84.5 Å². The van der Waals surface area contributed by atoms with E-state index < -0.39 is 0 Å². The number of carbonyl (C=O) groups is 1. The predicted molar refractivity (Wildman–Crippen MR) is 120 cm³/mol. The molecule has 2 aliphatic carbocycles. The number of para-hydroxylation sites is 1. The second-order valence-electron chi connectivity index (χ2n) is 9.17. The van der Waals surface area contributed by atoms with E-state index in [1.54, 1.807) is 11.8 Å². The van der Waals surface area contributed by atoms with Gasteiger partial charge in [0.15, 0.2) is 0 Å². The van der Waals surface area contributed by atoms with Crippen molar-refractivity contribution in [3.05, 3.63) is 24.3 Å². The zero-order valence-corrected chi connectivity index (χ0v) is 18.4. The molecule has 0 aliphatic heterocycles. The van der Waals surface area contributed by atoms with E-state index in [2.05, 4.69) is 19.2 Å². The Kier molecular flexibility index (Phi) is 7.62. The molecule has 1 amide bonds. The molecular formula is C24H36N2OS. The lowest BCUT2D eigenvalue weighted by Crippen LogP contribution is -2.34. The first-order valence-electron chi connectivity index (χ1n) is 11.2. The topological polar surface area (TPSA) is 53.0 Å². The van der Waals surface area contributed by atoms with Crippen LogP contribution < -0.4 is 5.32 Å². The van der Waals surface area contributed by atoms with Crippen LogP contribution in [0, 0.1) is 22.7 Å². The first-order valence-corrected chi connectivity index (χ1v) is 12.0. The first kappa shape index (κ1) is 21.4. The van der Waals surface area contributed by atoms with Gasteiger partial charge >= 0.3 is 0 Å². The summed E-state index contributed by atoms with van der Waals surface area (Å²) in [5.74, 6) is 1.22. The van der Waals surface area contributed by atoms with Gasteiger partial charge in [0.1, 0.15) is 0 Å². The molecule has 0 atom stereocenters. The minimum atomic E-state index is -0.196. The lowest BCUT2D eigenvalue weighted by molar-refractivity contribution is -0.125. The van der Waals surface area contributed by atoms with Gasteiger partial charge in [0.25, 0.3) is 0 Å². The molecule has 2 fully saturated rings. The molecule has 1 aromatic carbocycles. The van der Waals surface area contributed by atoms with Gasteiger partial charge in [-0.2, -0.15) is 0 Å². The number of carbonyl (C=O) groups excluding carboxylic acids is 1. The first-order chi connectivity index (χ1) is 13.5. The maximum atomic E-state index is 13.3. The number of hydrogen-bond donors (Lipinski definition) is 2. The van der Waals surface area contributed by atoms with Gasteiger partial charge in [0.05, 0.1) is 10.7 Å². The van der Waals surface area contributed by atoms with Crippen LogP contribution in [0.3, 0.4) is 0 Å². The Bertz CT molecular complexity index is 673. The van der Waals surface area contributed by atoms with Gasteiger partial charge in [-0.05, 0) is 56.6 Å². The number of hydrogen-bond acceptors (Lipinski definition) is 3. The highest BCUT2D eigenvalue weighted by Crippen LogP contribution is 2.44. The summed E-state index contributed by atoms with van der Waals surface area (Å²) in [5, 5.41) is 12.6. The van der Waals surface area contributed by atoms with E-state index >= 15 is 0 Å². The highest BCUT2D eigenvalue weighted by molar-refractivity contribution is 8.14. The van der Waals surface area contributed by atoms with Gasteiger partial charge < -0.3 is 5.32 Å². The van der Waals surface area contributed by atoms with Gasteiger partial charge in [-0.3, -0.25) is 10.2 Å². The Morgan fingerprint density at radius 3 is 2.50 bits per heavy atom. The molecule has 154 valence electrons. The van der Waals surface area contributed by atoms with Crippen LogP contribution in [0.25, 0.3) is 0 Å². The predicted octanol–water partition coefficient (Wildman–Crippen LogP) is 7.27. The highest BCUT2D eigenvalue weighted by Gasteiger charge is 2.40. The fourth-order valence-electron chi connectivity index (χ4n) is 4.69. The zero-order valence-electron chi connectivity index (χ0n) is 17.6. The van der Waals surface area contributed by atoms with E-state index in [0.29, 0.717) is 11.8 Å². The van der Waals surface area contributed by atoms with Crippen molar-refractivity contribution in [3.63, 3.8) is 0 Å². The molecular weight excluding hydrogens is 364 g/mol. The smallest absolute Gasteiger partial charge is 0.230 e. The van der Waals surface area contributed by atoms with Gasteiger partial charge in [-0.25, -0.2) is 0 Å². The monoisotopic (exact) mass is 400 g/mol. The average molecular weight is 401 g/mol. The van der Waals surface area contributed by atoms with Crippen LogP contribution in [0.2, 0.25) is 0 Å². The van der Waals surface area contributed by atoms with E-state index in [-0.39, 0.29) is 11.3 Å². The molecule has 0 bridgehead atoms. The Labute approximate surface area is 175 Å². The standard InChI is InChI=1S/C24H36N2OS/c1-18(2)14-17-24(15-8-9-16-24)23(27)26-20-12-6-7-13-21(20)28-22(25)19-10-4-3-5-11-19/h6-7,12-13,18-19,25H,3-5,8-11,14-17H2,1-2H3,(H,26,27). The van der Waals surface area contributed by atoms with Crippen molar-refractivity contribution < 1.29 is 4.79 Å². The third kappa shape index (κ3) is 5.40. The minimum Gasteiger partial charge on any atom is -0.325 e. The molecule has 0 heterocycles. The Balaban J connectivity index is 1.69. The number of benzene rings is 1. The molecule has 2 N–H and O–H groups in total. The van der Waals surface area contributed by atoms with Crippen molar-refractivity contribution in [2.75, 3.05) is 5.32 Å². The molecule has 0 aromatic heterocycles. The van der Waals surface area contributed by atoms with E-state index in [4.69, 9.17) is 5.41 Å². The molecule has 0 unspecified atom stereocenters. The van der Waals surface area contributed by atoms with E-state index in [9.17, 15) is 4.79 Å². The van der Waals surface area contributed by atoms with Crippen molar-refractivity contribution in [3.8, 4) is 0 Å². The van der Waals surface area contributed by atoms with Crippen LogP contribution in [-0.2, 0) is 4.79 Å². The quantitative estimate of drug-likeness (QED) is 0.287. The van der Waals surface area contributed by atoms with Crippen molar-refractivity contribution in [2.45, 2.75) is 89.4 Å². The van der Waals surface area contributed by atoms with Crippen LogP contribution in [0.5, 0.6) is 0 Å². The van der Waals surface area contributed by atoms with E-state index in [1.165, 1.54) is 19.3 Å².